The standard InChI is InChI=1S/C23H25N3O4S/c1-15-7-8-19(16(2)11-15)25-21(27)12-17-14-31-23(24-17)26(13-18-5-3-9-29-18)22(28)20-6-4-10-30-20/h4,6-8,10-11,14,18H,3,5,9,12-13H2,1-2H3,(H,25,27)/t18-/m1/s1. The minimum Gasteiger partial charge on any atom is -0.459 e. The minimum absolute atomic E-state index is 0.0286. The van der Waals surface area contributed by atoms with Gasteiger partial charge in [-0.1, -0.05) is 17.7 Å². The lowest BCUT2D eigenvalue weighted by atomic mass is 10.1. The van der Waals surface area contributed by atoms with Crippen molar-refractivity contribution in [2.75, 3.05) is 23.4 Å². The Balaban J connectivity index is 1.47. The number of furan rings is 1. The second kappa shape index (κ2) is 9.45. The van der Waals surface area contributed by atoms with Crippen LogP contribution in [0, 0.1) is 13.8 Å². The number of nitrogens with zero attached hydrogens (tertiary/aromatic N) is 2. The van der Waals surface area contributed by atoms with Crippen LogP contribution in [0.15, 0.2) is 46.4 Å². The summed E-state index contributed by atoms with van der Waals surface area (Å²) in [7, 11) is 0. The average Bonchev–Trinajstić information content (AvgIpc) is 3.51. The number of nitrogens with one attached hydrogen (secondary N) is 1. The third kappa shape index (κ3) is 5.21. The summed E-state index contributed by atoms with van der Waals surface area (Å²) in [5, 5.41) is 5.29. The van der Waals surface area contributed by atoms with Crippen molar-refractivity contribution < 1.29 is 18.7 Å². The largest absolute Gasteiger partial charge is 0.459 e. The maximum Gasteiger partial charge on any atom is 0.295 e. The smallest absolute Gasteiger partial charge is 0.295 e. The molecule has 0 spiro atoms. The fraction of sp³-hybridized carbons (Fsp3) is 0.348. The summed E-state index contributed by atoms with van der Waals surface area (Å²) in [6, 6.07) is 9.21. The Morgan fingerprint density at radius 2 is 2.16 bits per heavy atom. The van der Waals surface area contributed by atoms with Crippen LogP contribution in [0.3, 0.4) is 0 Å². The van der Waals surface area contributed by atoms with E-state index in [4.69, 9.17) is 9.15 Å². The van der Waals surface area contributed by atoms with Gasteiger partial charge in [0.1, 0.15) is 0 Å². The predicted octanol–water partition coefficient (Wildman–Crippen LogP) is 4.36. The Morgan fingerprint density at radius 3 is 2.87 bits per heavy atom. The number of ether oxygens (including phenoxy) is 1. The molecule has 1 aliphatic heterocycles. The Kier molecular flexibility index (Phi) is 6.48. The maximum atomic E-state index is 13.0. The van der Waals surface area contributed by atoms with Crippen LogP contribution < -0.4 is 10.2 Å². The highest BCUT2D eigenvalue weighted by atomic mass is 32.1. The molecule has 0 saturated carbocycles. The van der Waals surface area contributed by atoms with E-state index in [0.29, 0.717) is 24.0 Å². The van der Waals surface area contributed by atoms with Crippen LogP contribution in [0.4, 0.5) is 10.8 Å². The highest BCUT2D eigenvalue weighted by Crippen LogP contribution is 2.26. The van der Waals surface area contributed by atoms with Crippen LogP contribution in [-0.2, 0) is 16.0 Å². The van der Waals surface area contributed by atoms with E-state index in [-0.39, 0.29) is 30.1 Å². The molecule has 1 fully saturated rings. The zero-order chi connectivity index (χ0) is 21.8. The van der Waals surface area contributed by atoms with Crippen LogP contribution in [0.5, 0.6) is 0 Å². The van der Waals surface area contributed by atoms with Crippen LogP contribution in [-0.4, -0.2) is 36.1 Å². The van der Waals surface area contributed by atoms with E-state index < -0.39 is 0 Å². The number of aromatic nitrogens is 1. The lowest BCUT2D eigenvalue weighted by Gasteiger charge is -2.22. The summed E-state index contributed by atoms with van der Waals surface area (Å²) in [6.07, 6.45) is 3.46. The first-order valence-electron chi connectivity index (χ1n) is 10.3. The topological polar surface area (TPSA) is 84.7 Å². The van der Waals surface area contributed by atoms with Crippen molar-refractivity contribution in [2.45, 2.75) is 39.2 Å². The third-order valence-corrected chi connectivity index (χ3v) is 6.07. The predicted molar refractivity (Wildman–Crippen MR) is 120 cm³/mol. The normalized spacial score (nSPS) is 15.7. The van der Waals surface area contributed by atoms with E-state index in [1.165, 1.54) is 17.6 Å². The van der Waals surface area contributed by atoms with Gasteiger partial charge in [-0.25, -0.2) is 4.98 Å². The number of hydrogen-bond acceptors (Lipinski definition) is 6. The number of aryl methyl sites for hydroxylation is 2. The molecule has 31 heavy (non-hydrogen) atoms. The quantitative estimate of drug-likeness (QED) is 0.591. The van der Waals surface area contributed by atoms with Crippen molar-refractivity contribution in [1.29, 1.82) is 0 Å². The summed E-state index contributed by atoms with van der Waals surface area (Å²) in [5.74, 6) is -0.157. The number of carbonyl (C=O) groups excluding carboxylic acids is 2. The fourth-order valence-corrected chi connectivity index (χ4v) is 4.42. The molecule has 3 heterocycles. The second-order valence-corrected chi connectivity index (χ2v) is 8.53. The Morgan fingerprint density at radius 1 is 1.29 bits per heavy atom. The number of rotatable bonds is 7. The van der Waals surface area contributed by atoms with Gasteiger partial charge in [-0.2, -0.15) is 0 Å². The number of amides is 2. The Hall–Kier alpha value is -2.97. The molecule has 3 aromatic rings. The number of hydrogen-bond donors (Lipinski definition) is 1. The van der Waals surface area contributed by atoms with Gasteiger partial charge in [0.05, 0.1) is 31.0 Å². The molecule has 1 atom stereocenters. The molecule has 2 aromatic heterocycles. The van der Waals surface area contributed by atoms with Crippen molar-refractivity contribution in [2.24, 2.45) is 0 Å². The number of carbonyl (C=O) groups is 2. The molecule has 0 unspecified atom stereocenters. The van der Waals surface area contributed by atoms with Gasteiger partial charge in [-0.05, 0) is 50.5 Å². The lowest BCUT2D eigenvalue weighted by molar-refractivity contribution is -0.115. The molecule has 7 nitrogen and oxygen atoms in total. The SMILES string of the molecule is Cc1ccc(NC(=O)Cc2csc(N(C[C@H]3CCCO3)C(=O)c3ccco3)n2)c(C)c1. The van der Waals surface area contributed by atoms with E-state index in [2.05, 4.69) is 10.3 Å². The number of benzene rings is 1. The van der Waals surface area contributed by atoms with E-state index in [1.807, 2.05) is 37.4 Å². The van der Waals surface area contributed by atoms with Crippen LogP contribution in [0.1, 0.15) is 40.2 Å². The molecule has 8 heteroatoms. The minimum atomic E-state index is -0.263. The van der Waals surface area contributed by atoms with Crippen LogP contribution in [0.25, 0.3) is 0 Å². The van der Waals surface area contributed by atoms with Crippen molar-refractivity contribution in [3.8, 4) is 0 Å². The molecular weight excluding hydrogens is 414 g/mol. The van der Waals surface area contributed by atoms with E-state index in [1.54, 1.807) is 17.0 Å². The van der Waals surface area contributed by atoms with Gasteiger partial charge in [-0.15, -0.1) is 11.3 Å². The Labute approximate surface area is 185 Å². The van der Waals surface area contributed by atoms with Crippen LogP contribution >= 0.6 is 11.3 Å². The first-order chi connectivity index (χ1) is 15.0. The molecule has 0 radical (unpaired) electrons. The number of thiazole rings is 1. The van der Waals surface area contributed by atoms with Gasteiger partial charge >= 0.3 is 0 Å². The van der Waals surface area contributed by atoms with Crippen molar-refractivity contribution in [3.63, 3.8) is 0 Å². The van der Waals surface area contributed by atoms with Gasteiger partial charge in [-0.3, -0.25) is 14.5 Å². The van der Waals surface area contributed by atoms with E-state index in [9.17, 15) is 9.59 Å². The van der Waals surface area contributed by atoms with Gasteiger partial charge in [0.25, 0.3) is 5.91 Å². The molecule has 2 amide bonds. The van der Waals surface area contributed by atoms with Gasteiger partial charge in [0, 0.05) is 17.7 Å². The van der Waals surface area contributed by atoms with E-state index in [0.717, 1.165) is 29.7 Å². The van der Waals surface area contributed by atoms with E-state index >= 15 is 0 Å². The molecule has 1 aromatic carbocycles. The molecule has 1 aliphatic rings. The monoisotopic (exact) mass is 439 g/mol. The number of anilines is 2. The third-order valence-electron chi connectivity index (χ3n) is 5.16. The van der Waals surface area contributed by atoms with Gasteiger partial charge in [0.2, 0.25) is 5.91 Å². The molecule has 1 saturated heterocycles. The summed E-state index contributed by atoms with van der Waals surface area (Å²) >= 11 is 1.34. The molecule has 162 valence electrons. The fourth-order valence-electron chi connectivity index (χ4n) is 3.59. The average molecular weight is 440 g/mol. The van der Waals surface area contributed by atoms with Crippen molar-refractivity contribution in [3.05, 3.63) is 64.6 Å². The highest BCUT2D eigenvalue weighted by Gasteiger charge is 2.28. The van der Waals surface area contributed by atoms with Crippen LogP contribution in [0.2, 0.25) is 0 Å². The molecule has 0 aliphatic carbocycles. The highest BCUT2D eigenvalue weighted by molar-refractivity contribution is 7.14. The zero-order valence-corrected chi connectivity index (χ0v) is 18.4. The van der Waals surface area contributed by atoms with Crippen molar-refractivity contribution in [1.82, 2.24) is 4.98 Å². The van der Waals surface area contributed by atoms with Gasteiger partial charge in [0.15, 0.2) is 10.9 Å². The summed E-state index contributed by atoms with van der Waals surface area (Å²) in [6.45, 7) is 5.09. The van der Waals surface area contributed by atoms with Gasteiger partial charge < -0.3 is 14.5 Å². The maximum absolute atomic E-state index is 13.0. The first kappa shape index (κ1) is 21.3. The zero-order valence-electron chi connectivity index (χ0n) is 17.6. The second-order valence-electron chi connectivity index (χ2n) is 7.69. The molecular formula is C23H25N3O4S. The first-order valence-corrected chi connectivity index (χ1v) is 11.2. The summed E-state index contributed by atoms with van der Waals surface area (Å²) < 4.78 is 11.0. The Bertz CT molecular complexity index is 1050. The summed E-state index contributed by atoms with van der Waals surface area (Å²) in [4.78, 5) is 31.7. The summed E-state index contributed by atoms with van der Waals surface area (Å²) in [5.41, 5.74) is 3.57. The molecule has 4 rings (SSSR count). The molecule has 0 bridgehead atoms. The van der Waals surface area contributed by atoms with Crippen molar-refractivity contribution >= 4 is 34.0 Å². The molecule has 1 N–H and O–H groups in total. The lowest BCUT2D eigenvalue weighted by Crippen LogP contribution is -2.37.